The van der Waals surface area contributed by atoms with E-state index < -0.39 is 0 Å². The van der Waals surface area contributed by atoms with Crippen molar-refractivity contribution in [3.63, 3.8) is 0 Å². The highest BCUT2D eigenvalue weighted by atomic mass is 35.5. The van der Waals surface area contributed by atoms with Gasteiger partial charge in [-0.05, 0) is 36.8 Å². The molecule has 0 radical (unpaired) electrons. The largest absolute Gasteiger partial charge is 0.471 e. The summed E-state index contributed by atoms with van der Waals surface area (Å²) in [5.41, 5.74) is 0.479. The normalized spacial score (nSPS) is 10.3. The third-order valence-electron chi connectivity index (χ3n) is 2.65. The van der Waals surface area contributed by atoms with Crippen LogP contribution in [0.1, 0.15) is 23.8 Å². The average molecular weight is 294 g/mol. The Morgan fingerprint density at radius 1 is 1.35 bits per heavy atom. The summed E-state index contributed by atoms with van der Waals surface area (Å²) in [5.74, 6) is 0.522. The summed E-state index contributed by atoms with van der Waals surface area (Å²) in [4.78, 5) is 11.9. The van der Waals surface area contributed by atoms with Gasteiger partial charge in [0.05, 0.1) is 0 Å². The fraction of sp³-hybridized carbons (Fsp3) is 0.286. The van der Waals surface area contributed by atoms with Gasteiger partial charge in [-0.3, -0.25) is 4.79 Å². The summed E-state index contributed by atoms with van der Waals surface area (Å²) in [6, 6.07) is 8.69. The van der Waals surface area contributed by atoms with E-state index in [-0.39, 0.29) is 12.6 Å². The van der Waals surface area contributed by atoms with Gasteiger partial charge in [-0.25, -0.2) is 4.68 Å². The van der Waals surface area contributed by atoms with Crippen molar-refractivity contribution in [1.29, 1.82) is 0 Å². The lowest BCUT2D eigenvalue weighted by Crippen LogP contribution is -2.27. The quantitative estimate of drug-likeness (QED) is 0.891. The van der Waals surface area contributed by atoms with Crippen LogP contribution >= 0.6 is 11.6 Å². The summed E-state index contributed by atoms with van der Waals surface area (Å²) in [6.07, 6.45) is 2.47. The molecule has 2 aromatic rings. The van der Waals surface area contributed by atoms with Crippen LogP contribution in [0.2, 0.25) is 5.02 Å². The molecule has 0 saturated heterocycles. The van der Waals surface area contributed by atoms with Gasteiger partial charge in [0.2, 0.25) is 0 Å². The number of ether oxygens (including phenoxy) is 1. The third kappa shape index (κ3) is 3.74. The van der Waals surface area contributed by atoms with E-state index in [1.165, 1.54) is 4.68 Å². The van der Waals surface area contributed by atoms with Crippen LogP contribution in [0.5, 0.6) is 5.75 Å². The molecular weight excluding hydrogens is 278 g/mol. The van der Waals surface area contributed by atoms with E-state index in [0.717, 1.165) is 6.42 Å². The Balaban J connectivity index is 1.98. The molecule has 6 heteroatoms. The van der Waals surface area contributed by atoms with E-state index >= 15 is 0 Å². The highest BCUT2D eigenvalue weighted by Gasteiger charge is 2.11. The second-order valence-corrected chi connectivity index (χ2v) is 4.64. The molecule has 1 heterocycles. The maximum Gasteiger partial charge on any atom is 0.269 e. The van der Waals surface area contributed by atoms with Gasteiger partial charge >= 0.3 is 0 Å². The molecule has 0 fully saturated rings. The molecule has 106 valence electrons. The zero-order valence-electron chi connectivity index (χ0n) is 11.2. The van der Waals surface area contributed by atoms with E-state index in [9.17, 15) is 4.79 Å². The summed E-state index contributed by atoms with van der Waals surface area (Å²) in [5, 5.41) is 7.54. The SMILES string of the molecule is CCCNC(=O)c1ccnn1COc1ccc(Cl)cc1. The van der Waals surface area contributed by atoms with Crippen LogP contribution < -0.4 is 10.1 Å². The molecule has 0 aliphatic heterocycles. The summed E-state index contributed by atoms with van der Waals surface area (Å²) >= 11 is 5.80. The van der Waals surface area contributed by atoms with Crippen LogP contribution in [-0.4, -0.2) is 22.2 Å². The number of benzene rings is 1. The lowest BCUT2D eigenvalue weighted by molar-refractivity contribution is 0.0932. The number of nitrogens with one attached hydrogen (secondary N) is 1. The molecule has 0 saturated carbocycles. The van der Waals surface area contributed by atoms with Crippen LogP contribution in [0.3, 0.4) is 0 Å². The number of hydrogen-bond donors (Lipinski definition) is 1. The number of hydrogen-bond acceptors (Lipinski definition) is 3. The fourth-order valence-electron chi connectivity index (χ4n) is 1.62. The predicted octanol–water partition coefficient (Wildman–Crippen LogP) is 2.71. The molecule has 0 bridgehead atoms. The van der Waals surface area contributed by atoms with Crippen molar-refractivity contribution in [1.82, 2.24) is 15.1 Å². The van der Waals surface area contributed by atoms with Crippen LogP contribution in [0.25, 0.3) is 0 Å². The molecule has 1 amide bonds. The van der Waals surface area contributed by atoms with Crippen LogP contribution in [-0.2, 0) is 6.73 Å². The molecule has 5 nitrogen and oxygen atoms in total. The Morgan fingerprint density at radius 3 is 2.80 bits per heavy atom. The van der Waals surface area contributed by atoms with Crippen molar-refractivity contribution in [3.05, 3.63) is 47.2 Å². The maximum absolute atomic E-state index is 11.9. The molecule has 1 N–H and O–H groups in total. The van der Waals surface area contributed by atoms with Crippen molar-refractivity contribution in [2.24, 2.45) is 0 Å². The monoisotopic (exact) mass is 293 g/mol. The van der Waals surface area contributed by atoms with E-state index in [1.54, 1.807) is 36.5 Å². The van der Waals surface area contributed by atoms with Gasteiger partial charge < -0.3 is 10.1 Å². The minimum atomic E-state index is -0.149. The first-order chi connectivity index (χ1) is 9.70. The number of nitrogens with zero attached hydrogens (tertiary/aromatic N) is 2. The Hall–Kier alpha value is -2.01. The van der Waals surface area contributed by atoms with E-state index in [4.69, 9.17) is 16.3 Å². The Labute approximate surface area is 122 Å². The zero-order valence-corrected chi connectivity index (χ0v) is 11.9. The molecular formula is C14H16ClN3O2. The van der Waals surface area contributed by atoms with Crippen molar-refractivity contribution in [2.45, 2.75) is 20.1 Å². The highest BCUT2D eigenvalue weighted by Crippen LogP contribution is 2.16. The van der Waals surface area contributed by atoms with E-state index in [1.807, 2.05) is 6.92 Å². The van der Waals surface area contributed by atoms with Gasteiger partial charge in [0.15, 0.2) is 6.73 Å². The Kier molecular flexibility index (Phi) is 5.01. The van der Waals surface area contributed by atoms with Gasteiger partial charge in [-0.1, -0.05) is 18.5 Å². The molecule has 1 aromatic carbocycles. The zero-order chi connectivity index (χ0) is 14.4. The number of amides is 1. The summed E-state index contributed by atoms with van der Waals surface area (Å²) < 4.78 is 7.08. The van der Waals surface area contributed by atoms with Crippen molar-refractivity contribution >= 4 is 17.5 Å². The van der Waals surface area contributed by atoms with Gasteiger partial charge in [0.25, 0.3) is 5.91 Å². The van der Waals surface area contributed by atoms with Gasteiger partial charge in [-0.15, -0.1) is 0 Å². The second-order valence-electron chi connectivity index (χ2n) is 4.20. The minimum absolute atomic E-state index is 0.149. The molecule has 1 aromatic heterocycles. The topological polar surface area (TPSA) is 56.2 Å². The van der Waals surface area contributed by atoms with E-state index in [0.29, 0.717) is 23.0 Å². The first-order valence-corrected chi connectivity index (χ1v) is 6.77. The summed E-state index contributed by atoms with van der Waals surface area (Å²) in [6.45, 7) is 2.81. The van der Waals surface area contributed by atoms with E-state index in [2.05, 4.69) is 10.4 Å². The van der Waals surface area contributed by atoms with Gasteiger partial charge in [0, 0.05) is 17.8 Å². The lowest BCUT2D eigenvalue weighted by Gasteiger charge is -2.09. The highest BCUT2D eigenvalue weighted by molar-refractivity contribution is 6.30. The van der Waals surface area contributed by atoms with Gasteiger partial charge in [0.1, 0.15) is 11.4 Å². The average Bonchev–Trinajstić information content (AvgIpc) is 2.92. The fourth-order valence-corrected chi connectivity index (χ4v) is 1.75. The summed E-state index contributed by atoms with van der Waals surface area (Å²) in [7, 11) is 0. The van der Waals surface area contributed by atoms with Crippen molar-refractivity contribution in [3.8, 4) is 5.75 Å². The number of carbonyl (C=O) groups excluding carboxylic acids is 1. The molecule has 0 aliphatic rings. The molecule has 0 aliphatic carbocycles. The third-order valence-corrected chi connectivity index (χ3v) is 2.90. The molecule has 2 rings (SSSR count). The number of carbonyl (C=O) groups is 1. The predicted molar refractivity (Wildman–Crippen MR) is 76.9 cm³/mol. The van der Waals surface area contributed by atoms with Crippen molar-refractivity contribution < 1.29 is 9.53 Å². The molecule has 20 heavy (non-hydrogen) atoms. The van der Waals surface area contributed by atoms with Crippen LogP contribution in [0.4, 0.5) is 0 Å². The number of halogens is 1. The van der Waals surface area contributed by atoms with Crippen LogP contribution in [0.15, 0.2) is 36.5 Å². The Morgan fingerprint density at radius 2 is 2.10 bits per heavy atom. The van der Waals surface area contributed by atoms with Gasteiger partial charge in [-0.2, -0.15) is 5.10 Å². The van der Waals surface area contributed by atoms with Crippen LogP contribution in [0, 0.1) is 0 Å². The molecule has 0 unspecified atom stereocenters. The molecule has 0 spiro atoms. The standard InChI is InChI=1S/C14H16ClN3O2/c1-2-8-16-14(19)13-7-9-17-18(13)10-20-12-5-3-11(15)4-6-12/h3-7,9H,2,8,10H2,1H3,(H,16,19). The first kappa shape index (κ1) is 14.4. The number of rotatable bonds is 6. The first-order valence-electron chi connectivity index (χ1n) is 6.39. The van der Waals surface area contributed by atoms with Crippen molar-refractivity contribution in [2.75, 3.05) is 6.54 Å². The minimum Gasteiger partial charge on any atom is -0.471 e. The number of aromatic nitrogens is 2. The second kappa shape index (κ2) is 6.96. The molecule has 0 atom stereocenters. The maximum atomic E-state index is 11.9. The smallest absolute Gasteiger partial charge is 0.269 e. The Bertz CT molecular complexity index is 566. The lowest BCUT2D eigenvalue weighted by atomic mass is 10.3.